The van der Waals surface area contributed by atoms with E-state index in [4.69, 9.17) is 21.4 Å². The summed E-state index contributed by atoms with van der Waals surface area (Å²) in [5.41, 5.74) is -0.136. The van der Waals surface area contributed by atoms with E-state index in [2.05, 4.69) is 4.72 Å². The van der Waals surface area contributed by atoms with Gasteiger partial charge in [-0.15, -0.1) is 0 Å². The Morgan fingerprint density at radius 1 is 1.43 bits per heavy atom. The van der Waals surface area contributed by atoms with E-state index >= 15 is 0 Å². The minimum atomic E-state index is -3.72. The van der Waals surface area contributed by atoms with Crippen LogP contribution < -0.4 is 4.72 Å². The normalized spacial score (nSPS) is 15.1. The number of halogens is 1. The number of hydrogen-bond donors (Lipinski definition) is 2. The summed E-state index contributed by atoms with van der Waals surface area (Å²) in [4.78, 5) is 10.8. The van der Waals surface area contributed by atoms with Crippen LogP contribution in [-0.2, 0) is 14.8 Å². The van der Waals surface area contributed by atoms with Crippen LogP contribution in [-0.4, -0.2) is 39.3 Å². The van der Waals surface area contributed by atoms with E-state index in [9.17, 15) is 13.2 Å². The quantitative estimate of drug-likeness (QED) is 0.707. The van der Waals surface area contributed by atoms with E-state index in [1.54, 1.807) is 0 Å². The lowest BCUT2D eigenvalue weighted by atomic mass is 10.2. The predicted molar refractivity (Wildman–Crippen MR) is 77.1 cm³/mol. The van der Waals surface area contributed by atoms with Gasteiger partial charge in [0, 0.05) is 13.2 Å². The number of benzene rings is 1. The molecule has 2 N–H and O–H groups in total. The van der Waals surface area contributed by atoms with Crippen molar-refractivity contribution < 1.29 is 23.1 Å². The summed E-state index contributed by atoms with van der Waals surface area (Å²) in [7, 11) is -3.72. The molecule has 0 radical (unpaired) electrons. The summed E-state index contributed by atoms with van der Waals surface area (Å²) in [5, 5.41) is 8.73. The molecule has 2 rings (SSSR count). The lowest BCUT2D eigenvalue weighted by Gasteiger charge is -2.08. The third-order valence-electron chi connectivity index (χ3n) is 3.07. The number of aromatic carboxylic acids is 1. The first-order chi connectivity index (χ1) is 9.90. The molecule has 0 unspecified atom stereocenters. The van der Waals surface area contributed by atoms with Gasteiger partial charge in [-0.3, -0.25) is 0 Å². The molecule has 21 heavy (non-hydrogen) atoms. The van der Waals surface area contributed by atoms with Crippen molar-refractivity contribution >= 4 is 27.6 Å². The molecule has 0 bridgehead atoms. The Morgan fingerprint density at radius 2 is 2.14 bits per heavy atom. The molecule has 1 aromatic carbocycles. The molecule has 0 aliphatic heterocycles. The number of carboxylic acids is 1. The van der Waals surface area contributed by atoms with Crippen LogP contribution in [0.3, 0.4) is 0 Å². The van der Waals surface area contributed by atoms with Gasteiger partial charge >= 0.3 is 5.97 Å². The van der Waals surface area contributed by atoms with Crippen molar-refractivity contribution in [3.63, 3.8) is 0 Å². The Morgan fingerprint density at radius 3 is 2.71 bits per heavy atom. The van der Waals surface area contributed by atoms with E-state index in [1.165, 1.54) is 25.0 Å². The van der Waals surface area contributed by atoms with E-state index in [0.717, 1.165) is 6.07 Å². The monoisotopic (exact) mass is 333 g/mol. The zero-order valence-corrected chi connectivity index (χ0v) is 12.8. The van der Waals surface area contributed by atoms with Crippen LogP contribution in [0.1, 0.15) is 23.2 Å². The van der Waals surface area contributed by atoms with Crippen molar-refractivity contribution in [2.75, 3.05) is 19.8 Å². The largest absolute Gasteiger partial charge is 0.478 e. The van der Waals surface area contributed by atoms with Gasteiger partial charge in [-0.1, -0.05) is 11.6 Å². The zero-order valence-electron chi connectivity index (χ0n) is 11.2. The van der Waals surface area contributed by atoms with Crippen LogP contribution in [0.4, 0.5) is 0 Å². The van der Waals surface area contributed by atoms with Gasteiger partial charge < -0.3 is 9.84 Å². The molecular formula is C13H16ClNO5S. The fraction of sp³-hybridized carbons (Fsp3) is 0.462. The van der Waals surface area contributed by atoms with Gasteiger partial charge in [0.1, 0.15) is 0 Å². The highest BCUT2D eigenvalue weighted by Gasteiger charge is 2.21. The third-order valence-corrected chi connectivity index (χ3v) is 4.84. The summed E-state index contributed by atoms with van der Waals surface area (Å²) >= 11 is 5.76. The van der Waals surface area contributed by atoms with E-state index in [-0.39, 0.29) is 22.0 Å². The van der Waals surface area contributed by atoms with E-state index in [0.29, 0.717) is 19.1 Å². The van der Waals surface area contributed by atoms with Crippen molar-refractivity contribution in [1.82, 2.24) is 4.72 Å². The molecule has 1 aromatic rings. The fourth-order valence-corrected chi connectivity index (χ4v) is 3.07. The molecule has 0 amide bonds. The van der Waals surface area contributed by atoms with Crippen LogP contribution in [0.2, 0.25) is 5.02 Å². The van der Waals surface area contributed by atoms with Gasteiger partial charge in [0.25, 0.3) is 0 Å². The maximum absolute atomic E-state index is 12.0. The molecule has 116 valence electrons. The highest BCUT2D eigenvalue weighted by atomic mass is 35.5. The minimum absolute atomic E-state index is 0.0697. The Balaban J connectivity index is 1.91. The summed E-state index contributed by atoms with van der Waals surface area (Å²) in [6.07, 6.45) is 2.36. The second-order valence-electron chi connectivity index (χ2n) is 4.86. The molecule has 0 saturated heterocycles. The van der Waals surface area contributed by atoms with Crippen LogP contribution in [0, 0.1) is 5.92 Å². The number of rotatable bonds is 8. The SMILES string of the molecule is O=C(O)c1ccc(S(=O)(=O)NCCOCC2CC2)cc1Cl. The molecule has 8 heteroatoms. The molecule has 0 heterocycles. The maximum atomic E-state index is 12.0. The summed E-state index contributed by atoms with van der Waals surface area (Å²) in [5.74, 6) is -0.575. The van der Waals surface area contributed by atoms with Gasteiger partial charge in [-0.05, 0) is 37.0 Å². The van der Waals surface area contributed by atoms with Crippen LogP contribution in [0.25, 0.3) is 0 Å². The van der Waals surface area contributed by atoms with Crippen LogP contribution >= 0.6 is 11.6 Å². The molecule has 0 spiro atoms. The first-order valence-electron chi connectivity index (χ1n) is 6.50. The lowest BCUT2D eigenvalue weighted by Crippen LogP contribution is -2.27. The van der Waals surface area contributed by atoms with Crippen LogP contribution in [0.5, 0.6) is 0 Å². The average molecular weight is 334 g/mol. The third kappa shape index (κ3) is 4.67. The fourth-order valence-electron chi connectivity index (χ4n) is 1.70. The Labute approximate surface area is 128 Å². The number of carboxylic acid groups (broad SMARTS) is 1. The smallest absolute Gasteiger partial charge is 0.337 e. The molecule has 1 aliphatic rings. The van der Waals surface area contributed by atoms with E-state index in [1.807, 2.05) is 0 Å². The van der Waals surface area contributed by atoms with Crippen molar-refractivity contribution in [3.05, 3.63) is 28.8 Å². The van der Waals surface area contributed by atoms with Gasteiger partial charge in [-0.2, -0.15) is 0 Å². The molecule has 0 aromatic heterocycles. The lowest BCUT2D eigenvalue weighted by molar-refractivity contribution is 0.0697. The Bertz CT molecular complexity index is 627. The summed E-state index contributed by atoms with van der Waals surface area (Å²) in [6.45, 7) is 1.13. The van der Waals surface area contributed by atoms with Gasteiger partial charge in [0.15, 0.2) is 0 Å². The van der Waals surface area contributed by atoms with Crippen molar-refractivity contribution in [2.24, 2.45) is 5.92 Å². The molecule has 1 fully saturated rings. The number of hydrogen-bond acceptors (Lipinski definition) is 4. The molecule has 0 atom stereocenters. The van der Waals surface area contributed by atoms with Crippen molar-refractivity contribution in [3.8, 4) is 0 Å². The number of sulfonamides is 1. The first-order valence-corrected chi connectivity index (χ1v) is 8.36. The second-order valence-corrected chi connectivity index (χ2v) is 7.04. The second kappa shape index (κ2) is 6.74. The topological polar surface area (TPSA) is 92.7 Å². The number of nitrogens with one attached hydrogen (secondary N) is 1. The van der Waals surface area contributed by atoms with Gasteiger partial charge in [0.2, 0.25) is 10.0 Å². The highest BCUT2D eigenvalue weighted by Crippen LogP contribution is 2.28. The zero-order chi connectivity index (χ0) is 15.5. The molecular weight excluding hydrogens is 318 g/mol. The van der Waals surface area contributed by atoms with Crippen LogP contribution in [0.15, 0.2) is 23.1 Å². The maximum Gasteiger partial charge on any atom is 0.337 e. The molecule has 1 aliphatic carbocycles. The molecule has 1 saturated carbocycles. The minimum Gasteiger partial charge on any atom is -0.478 e. The average Bonchev–Trinajstić information content (AvgIpc) is 3.21. The summed E-state index contributed by atoms with van der Waals surface area (Å²) < 4.78 is 31.7. The first kappa shape index (κ1) is 16.2. The Kier molecular flexibility index (Phi) is 5.21. The predicted octanol–water partition coefficient (Wildman–Crippen LogP) is 1.74. The van der Waals surface area contributed by atoms with Crippen molar-refractivity contribution in [2.45, 2.75) is 17.7 Å². The van der Waals surface area contributed by atoms with E-state index < -0.39 is 16.0 Å². The number of carbonyl (C=O) groups is 1. The van der Waals surface area contributed by atoms with Gasteiger partial charge in [0.05, 0.1) is 22.1 Å². The van der Waals surface area contributed by atoms with Crippen molar-refractivity contribution in [1.29, 1.82) is 0 Å². The standard InChI is InChI=1S/C13H16ClNO5S/c14-12-7-10(3-4-11(12)13(16)17)21(18,19)15-5-6-20-8-9-1-2-9/h3-4,7,9,15H,1-2,5-6,8H2,(H,16,17). The summed E-state index contributed by atoms with van der Waals surface area (Å²) in [6, 6.07) is 3.50. The highest BCUT2D eigenvalue weighted by molar-refractivity contribution is 7.89. The Hall–Kier alpha value is -1.15. The molecule has 6 nitrogen and oxygen atoms in total. The van der Waals surface area contributed by atoms with Gasteiger partial charge in [-0.25, -0.2) is 17.9 Å². The number of ether oxygens (including phenoxy) is 1.